The van der Waals surface area contributed by atoms with Gasteiger partial charge in [0.2, 0.25) is 0 Å². The number of benzene rings is 2. The van der Waals surface area contributed by atoms with Crippen LogP contribution in [-0.4, -0.2) is 15.5 Å². The Morgan fingerprint density at radius 2 is 1.72 bits per heavy atom. The lowest BCUT2D eigenvalue weighted by atomic mass is 10.2. The lowest BCUT2D eigenvalue weighted by Gasteiger charge is -2.08. The zero-order valence-corrected chi connectivity index (χ0v) is 12.6. The second-order valence-corrected chi connectivity index (χ2v) is 5.08. The fraction of sp³-hybridized carbons (Fsp3) is 0. The van der Waals surface area contributed by atoms with Crippen molar-refractivity contribution in [3.8, 4) is 5.69 Å². The molecular weight excluding hydrogens is 332 g/mol. The van der Waals surface area contributed by atoms with Gasteiger partial charge in [0.15, 0.2) is 0 Å². The van der Waals surface area contributed by atoms with E-state index in [1.54, 1.807) is 30.3 Å². The molecule has 6 nitrogen and oxygen atoms in total. The number of nitrogens with one attached hydrogen (secondary N) is 2. The third kappa shape index (κ3) is 3.37. The molecule has 0 fully saturated rings. The third-order valence-electron chi connectivity index (χ3n) is 3.37. The number of halogens is 2. The van der Waals surface area contributed by atoms with E-state index in [-0.39, 0.29) is 11.4 Å². The van der Waals surface area contributed by atoms with Crippen molar-refractivity contribution in [1.29, 1.82) is 0 Å². The predicted octanol–water partition coefficient (Wildman–Crippen LogP) is 2.06. The highest BCUT2D eigenvalue weighted by Gasteiger charge is 2.14. The van der Waals surface area contributed by atoms with Gasteiger partial charge >= 0.3 is 5.69 Å². The van der Waals surface area contributed by atoms with Crippen molar-refractivity contribution in [1.82, 2.24) is 9.55 Å². The number of rotatable bonds is 3. The first kappa shape index (κ1) is 16.3. The van der Waals surface area contributed by atoms with E-state index in [2.05, 4.69) is 10.3 Å². The van der Waals surface area contributed by atoms with Crippen LogP contribution in [0.25, 0.3) is 5.69 Å². The number of aromatic amines is 1. The Morgan fingerprint density at radius 3 is 2.36 bits per heavy atom. The minimum atomic E-state index is -0.978. The molecule has 0 saturated carbocycles. The first-order chi connectivity index (χ1) is 12.0. The fourth-order valence-electron chi connectivity index (χ4n) is 2.22. The predicted molar refractivity (Wildman–Crippen MR) is 87.0 cm³/mol. The van der Waals surface area contributed by atoms with Gasteiger partial charge in [-0.15, -0.1) is 0 Å². The molecule has 8 heteroatoms. The molecule has 2 aromatic carbocycles. The Kier molecular flexibility index (Phi) is 4.25. The summed E-state index contributed by atoms with van der Waals surface area (Å²) in [6.45, 7) is 0. The van der Waals surface area contributed by atoms with Gasteiger partial charge in [0.05, 0.1) is 11.4 Å². The monoisotopic (exact) mass is 343 g/mol. The second-order valence-electron chi connectivity index (χ2n) is 5.08. The average Bonchev–Trinajstić information content (AvgIpc) is 2.57. The molecule has 0 radical (unpaired) electrons. The van der Waals surface area contributed by atoms with Crippen molar-refractivity contribution >= 4 is 11.6 Å². The van der Waals surface area contributed by atoms with Gasteiger partial charge in [0.1, 0.15) is 17.3 Å². The van der Waals surface area contributed by atoms with Gasteiger partial charge in [0.25, 0.3) is 11.5 Å². The molecule has 0 unspecified atom stereocenters. The van der Waals surface area contributed by atoms with Crippen LogP contribution in [0.15, 0.2) is 64.2 Å². The summed E-state index contributed by atoms with van der Waals surface area (Å²) in [5.41, 5.74) is -1.82. The van der Waals surface area contributed by atoms with Crippen LogP contribution in [0.1, 0.15) is 10.5 Å². The second kappa shape index (κ2) is 6.52. The van der Waals surface area contributed by atoms with Gasteiger partial charge in [-0.05, 0) is 24.3 Å². The van der Waals surface area contributed by atoms with Gasteiger partial charge in [-0.1, -0.05) is 18.2 Å². The van der Waals surface area contributed by atoms with Crippen molar-refractivity contribution in [2.45, 2.75) is 0 Å². The molecule has 0 bridgehead atoms. The molecule has 2 N–H and O–H groups in total. The molecular formula is C17H11F2N3O3. The summed E-state index contributed by atoms with van der Waals surface area (Å²) >= 11 is 0. The van der Waals surface area contributed by atoms with Crippen LogP contribution in [-0.2, 0) is 0 Å². The largest absolute Gasteiger partial charge is 0.333 e. The number of aromatic nitrogens is 2. The van der Waals surface area contributed by atoms with Gasteiger partial charge in [-0.3, -0.25) is 9.59 Å². The molecule has 0 saturated heterocycles. The third-order valence-corrected chi connectivity index (χ3v) is 3.37. The smallest absolute Gasteiger partial charge is 0.318 e. The number of hydrogen-bond donors (Lipinski definition) is 2. The maximum atomic E-state index is 13.6. The minimum Gasteiger partial charge on any atom is -0.318 e. The van der Waals surface area contributed by atoms with Crippen LogP contribution in [0.4, 0.5) is 14.5 Å². The molecule has 0 atom stereocenters. The van der Waals surface area contributed by atoms with E-state index in [4.69, 9.17) is 0 Å². The summed E-state index contributed by atoms with van der Waals surface area (Å²) in [6.07, 6.45) is 0. The first-order valence-electron chi connectivity index (χ1n) is 7.14. The molecule has 0 aliphatic carbocycles. The first-order valence-corrected chi connectivity index (χ1v) is 7.14. The number of para-hydroxylation sites is 1. The number of anilines is 1. The SMILES string of the molecule is O=C(Nc1ccc(F)cc1F)c1cc(=O)n(-c2ccccc2)c(=O)[nH]1. The molecule has 1 heterocycles. The Morgan fingerprint density at radius 1 is 1.00 bits per heavy atom. The van der Waals surface area contributed by atoms with E-state index < -0.39 is 28.8 Å². The van der Waals surface area contributed by atoms with E-state index in [0.717, 1.165) is 22.8 Å². The summed E-state index contributed by atoms with van der Waals surface area (Å²) in [4.78, 5) is 38.7. The highest BCUT2D eigenvalue weighted by Crippen LogP contribution is 2.15. The summed E-state index contributed by atoms with van der Waals surface area (Å²) in [6, 6.07) is 11.7. The summed E-state index contributed by atoms with van der Waals surface area (Å²) in [5, 5.41) is 2.17. The Balaban J connectivity index is 1.95. The van der Waals surface area contributed by atoms with E-state index in [0.29, 0.717) is 11.8 Å². The van der Waals surface area contributed by atoms with Crippen LogP contribution in [0, 0.1) is 11.6 Å². The molecule has 126 valence electrons. The Bertz CT molecular complexity index is 1030. The number of nitrogens with zero attached hydrogens (tertiary/aromatic N) is 1. The van der Waals surface area contributed by atoms with Gasteiger partial charge in [-0.25, -0.2) is 18.1 Å². The number of carbonyl (C=O) groups excluding carboxylic acids is 1. The number of amides is 1. The van der Waals surface area contributed by atoms with Crippen LogP contribution in [0.2, 0.25) is 0 Å². The van der Waals surface area contributed by atoms with Crippen molar-refractivity contribution in [3.63, 3.8) is 0 Å². The summed E-state index contributed by atoms with van der Waals surface area (Å²) in [7, 11) is 0. The van der Waals surface area contributed by atoms with Crippen LogP contribution >= 0.6 is 0 Å². The van der Waals surface area contributed by atoms with Gasteiger partial charge in [-0.2, -0.15) is 0 Å². The quantitative estimate of drug-likeness (QED) is 0.763. The molecule has 1 aromatic heterocycles. The maximum absolute atomic E-state index is 13.6. The van der Waals surface area contributed by atoms with Crippen molar-refractivity contribution in [2.24, 2.45) is 0 Å². The molecule has 0 spiro atoms. The number of H-pyrrole nitrogens is 1. The average molecular weight is 343 g/mol. The van der Waals surface area contributed by atoms with Crippen LogP contribution < -0.4 is 16.6 Å². The maximum Gasteiger partial charge on any atom is 0.333 e. The normalized spacial score (nSPS) is 10.5. The van der Waals surface area contributed by atoms with Crippen molar-refractivity contribution in [3.05, 3.63) is 92.8 Å². The highest BCUT2D eigenvalue weighted by molar-refractivity contribution is 6.02. The minimum absolute atomic E-state index is 0.278. The number of hydrogen-bond acceptors (Lipinski definition) is 3. The van der Waals surface area contributed by atoms with E-state index in [9.17, 15) is 23.2 Å². The standard InChI is InChI=1S/C17H11F2N3O3/c18-10-6-7-13(12(19)8-10)20-16(24)14-9-15(23)22(17(25)21-14)11-4-2-1-3-5-11/h1-9H,(H,20,24)(H,21,25). The molecule has 25 heavy (non-hydrogen) atoms. The van der Waals surface area contributed by atoms with E-state index in [1.165, 1.54) is 0 Å². The molecule has 1 amide bonds. The Hall–Kier alpha value is -3.55. The zero-order valence-electron chi connectivity index (χ0n) is 12.6. The summed E-state index contributed by atoms with van der Waals surface area (Å²) < 4.78 is 27.3. The molecule has 0 aliphatic rings. The van der Waals surface area contributed by atoms with Crippen LogP contribution in [0.5, 0.6) is 0 Å². The lowest BCUT2D eigenvalue weighted by Crippen LogP contribution is -2.35. The van der Waals surface area contributed by atoms with E-state index in [1.807, 2.05) is 0 Å². The molecule has 0 aliphatic heterocycles. The van der Waals surface area contributed by atoms with Gasteiger partial charge in [0, 0.05) is 12.1 Å². The topological polar surface area (TPSA) is 84.0 Å². The molecule has 3 rings (SSSR count). The van der Waals surface area contributed by atoms with Crippen LogP contribution in [0.3, 0.4) is 0 Å². The highest BCUT2D eigenvalue weighted by atomic mass is 19.1. The van der Waals surface area contributed by atoms with Crippen molar-refractivity contribution in [2.75, 3.05) is 5.32 Å². The van der Waals surface area contributed by atoms with Crippen molar-refractivity contribution < 1.29 is 13.6 Å². The van der Waals surface area contributed by atoms with Gasteiger partial charge < -0.3 is 10.3 Å². The van der Waals surface area contributed by atoms with E-state index >= 15 is 0 Å². The molecule has 3 aromatic rings. The zero-order chi connectivity index (χ0) is 18.0. The number of carbonyl (C=O) groups is 1. The summed E-state index contributed by atoms with van der Waals surface area (Å²) in [5.74, 6) is -2.68. The lowest BCUT2D eigenvalue weighted by molar-refractivity contribution is 0.102. The Labute approximate surface area is 139 Å². The fourth-order valence-corrected chi connectivity index (χ4v) is 2.22.